The van der Waals surface area contributed by atoms with E-state index in [-0.39, 0.29) is 0 Å². The minimum atomic E-state index is 0.539. The molecule has 0 bridgehead atoms. The van der Waals surface area contributed by atoms with E-state index in [2.05, 4.69) is 27.1 Å². The summed E-state index contributed by atoms with van der Waals surface area (Å²) in [6.45, 7) is 0. The lowest BCUT2D eigenvalue weighted by molar-refractivity contribution is 0.324. The number of rotatable bonds is 5. The summed E-state index contributed by atoms with van der Waals surface area (Å²) in [7, 11) is 4.77. The third kappa shape index (κ3) is 2.83. The van der Waals surface area contributed by atoms with E-state index < -0.39 is 0 Å². The number of hydrogen-bond donors (Lipinski definition) is 2. The van der Waals surface area contributed by atoms with Crippen LogP contribution in [0.4, 0.5) is 0 Å². The highest BCUT2D eigenvalue weighted by atomic mass is 16.5. The van der Waals surface area contributed by atoms with Gasteiger partial charge in [-0.2, -0.15) is 0 Å². The van der Waals surface area contributed by atoms with E-state index >= 15 is 0 Å². The van der Waals surface area contributed by atoms with Gasteiger partial charge in [-0.1, -0.05) is 18.2 Å². The molecule has 150 valence electrons. The van der Waals surface area contributed by atoms with E-state index in [4.69, 9.17) is 19.2 Å². The molecule has 0 atom stereocenters. The molecule has 0 fully saturated rings. The molecule has 0 saturated carbocycles. The number of ether oxygens (including phenoxy) is 3. The molecule has 2 N–H and O–H groups in total. The maximum Gasteiger partial charge on any atom is 0.203 e. The monoisotopic (exact) mass is 400 g/mol. The molecular formula is C23H20N4O3. The van der Waals surface area contributed by atoms with Crippen LogP contribution in [0.2, 0.25) is 0 Å². The van der Waals surface area contributed by atoms with Crippen molar-refractivity contribution in [2.45, 2.75) is 0 Å². The molecule has 7 nitrogen and oxygen atoms in total. The van der Waals surface area contributed by atoms with Crippen molar-refractivity contribution < 1.29 is 14.2 Å². The first-order valence-electron chi connectivity index (χ1n) is 9.45. The van der Waals surface area contributed by atoms with Crippen LogP contribution in [0.1, 0.15) is 0 Å². The van der Waals surface area contributed by atoms with Crippen molar-refractivity contribution in [1.29, 1.82) is 0 Å². The number of methoxy groups -OCH3 is 3. The number of fused-ring (bicyclic) bond motifs is 2. The molecule has 0 aliphatic rings. The van der Waals surface area contributed by atoms with Crippen molar-refractivity contribution in [3.8, 4) is 40.0 Å². The standard InChI is InChI=1S/C23H20N4O3/c1-28-18-11-14(12-19(29-2)22(18)30-3)20-21-16(8-9-24-20)26-23(27-21)17-10-13-6-4-5-7-15(13)25-17/h4-12,25H,1-3H3,(H,26,27). The average molecular weight is 400 g/mol. The van der Waals surface area contributed by atoms with Gasteiger partial charge in [-0.15, -0.1) is 0 Å². The predicted octanol–water partition coefficient (Wildman–Crippen LogP) is 4.80. The Morgan fingerprint density at radius 2 is 1.57 bits per heavy atom. The fraction of sp³-hybridized carbons (Fsp3) is 0.130. The van der Waals surface area contributed by atoms with Crippen LogP contribution < -0.4 is 14.2 Å². The van der Waals surface area contributed by atoms with E-state index in [1.807, 2.05) is 36.4 Å². The third-order valence-corrected chi connectivity index (χ3v) is 5.12. The van der Waals surface area contributed by atoms with Crippen LogP contribution in [-0.2, 0) is 0 Å². The predicted molar refractivity (Wildman–Crippen MR) is 116 cm³/mol. The maximum atomic E-state index is 5.50. The van der Waals surface area contributed by atoms with Gasteiger partial charge in [-0.3, -0.25) is 4.98 Å². The second kappa shape index (κ2) is 7.11. The largest absolute Gasteiger partial charge is 0.493 e. The number of H-pyrrole nitrogens is 2. The Kier molecular flexibility index (Phi) is 4.28. The highest BCUT2D eigenvalue weighted by molar-refractivity contribution is 5.93. The lowest BCUT2D eigenvalue weighted by Gasteiger charge is -2.14. The molecule has 5 aromatic rings. The van der Waals surface area contributed by atoms with Gasteiger partial charge in [0.15, 0.2) is 17.3 Å². The highest BCUT2D eigenvalue weighted by Gasteiger charge is 2.18. The number of benzene rings is 2. The number of nitrogens with one attached hydrogen (secondary N) is 2. The lowest BCUT2D eigenvalue weighted by Crippen LogP contribution is -1.96. The van der Waals surface area contributed by atoms with Crippen LogP contribution in [0, 0.1) is 0 Å². The maximum absolute atomic E-state index is 5.50. The third-order valence-electron chi connectivity index (χ3n) is 5.12. The van der Waals surface area contributed by atoms with Crippen molar-refractivity contribution >= 4 is 21.9 Å². The van der Waals surface area contributed by atoms with Gasteiger partial charge >= 0.3 is 0 Å². The summed E-state index contributed by atoms with van der Waals surface area (Å²) in [5.41, 5.74) is 5.19. The first-order valence-corrected chi connectivity index (χ1v) is 9.45. The summed E-state index contributed by atoms with van der Waals surface area (Å²) in [5.74, 6) is 2.42. The van der Waals surface area contributed by atoms with Crippen LogP contribution in [0.5, 0.6) is 17.2 Å². The van der Waals surface area contributed by atoms with Gasteiger partial charge in [0.2, 0.25) is 5.75 Å². The van der Waals surface area contributed by atoms with Crippen LogP contribution in [0.25, 0.3) is 44.7 Å². The number of hydrogen-bond acceptors (Lipinski definition) is 5. The Labute approximate surface area is 172 Å². The van der Waals surface area contributed by atoms with Gasteiger partial charge in [-0.05, 0) is 30.3 Å². The van der Waals surface area contributed by atoms with Gasteiger partial charge in [0, 0.05) is 22.7 Å². The van der Waals surface area contributed by atoms with Gasteiger partial charge in [0.05, 0.1) is 38.2 Å². The van der Waals surface area contributed by atoms with E-state index in [1.165, 1.54) is 0 Å². The van der Waals surface area contributed by atoms with Crippen molar-refractivity contribution in [3.63, 3.8) is 0 Å². The fourth-order valence-electron chi connectivity index (χ4n) is 3.69. The zero-order valence-electron chi connectivity index (χ0n) is 16.8. The number of aromatic amines is 2. The SMILES string of the molecule is COc1cc(-c2nccc3[nH]c(-c4cc5ccccc5[nH]4)nc23)cc(OC)c1OC. The van der Waals surface area contributed by atoms with Gasteiger partial charge in [0.1, 0.15) is 5.52 Å². The normalized spacial score (nSPS) is 11.2. The van der Waals surface area contributed by atoms with E-state index in [0.717, 1.165) is 44.7 Å². The molecule has 30 heavy (non-hydrogen) atoms. The second-order valence-corrected chi connectivity index (χ2v) is 6.83. The fourth-order valence-corrected chi connectivity index (χ4v) is 3.69. The minimum absolute atomic E-state index is 0.539. The van der Waals surface area contributed by atoms with Crippen LogP contribution >= 0.6 is 0 Å². The summed E-state index contributed by atoms with van der Waals surface area (Å²) in [6, 6.07) is 15.9. The summed E-state index contributed by atoms with van der Waals surface area (Å²) in [4.78, 5) is 16.2. The second-order valence-electron chi connectivity index (χ2n) is 6.83. The lowest BCUT2D eigenvalue weighted by atomic mass is 10.1. The highest BCUT2D eigenvalue weighted by Crippen LogP contribution is 2.42. The topological polar surface area (TPSA) is 85.1 Å². The molecular weight excluding hydrogens is 380 g/mol. The number of imidazole rings is 1. The molecule has 7 heteroatoms. The molecule has 2 aromatic carbocycles. The Morgan fingerprint density at radius 3 is 2.27 bits per heavy atom. The van der Waals surface area contributed by atoms with Crippen LogP contribution in [0.15, 0.2) is 54.7 Å². The summed E-state index contributed by atoms with van der Waals surface area (Å²) < 4.78 is 16.4. The molecule has 3 aromatic heterocycles. The Bertz CT molecular complexity index is 1310. The molecule has 0 aliphatic heterocycles. The Morgan fingerprint density at radius 1 is 0.800 bits per heavy atom. The number of para-hydroxylation sites is 1. The molecule has 0 radical (unpaired) electrons. The first kappa shape index (κ1) is 18.1. The molecule has 0 aliphatic carbocycles. The number of nitrogens with zero attached hydrogens (tertiary/aromatic N) is 2. The molecule has 0 unspecified atom stereocenters. The molecule has 0 amide bonds. The minimum Gasteiger partial charge on any atom is -0.493 e. The van der Waals surface area contributed by atoms with Crippen LogP contribution in [0.3, 0.4) is 0 Å². The van der Waals surface area contributed by atoms with E-state index in [0.29, 0.717) is 17.2 Å². The summed E-state index contributed by atoms with van der Waals surface area (Å²) >= 11 is 0. The first-order chi connectivity index (χ1) is 14.7. The Balaban J connectivity index is 1.68. The van der Waals surface area contributed by atoms with Gasteiger partial charge in [-0.25, -0.2) is 4.98 Å². The average Bonchev–Trinajstić information content (AvgIpc) is 3.41. The quantitative estimate of drug-likeness (QED) is 0.443. The molecule has 3 heterocycles. The molecule has 0 saturated heterocycles. The Hall–Kier alpha value is -4.00. The summed E-state index contributed by atoms with van der Waals surface area (Å²) in [5, 5.41) is 1.14. The molecule has 5 rings (SSSR count). The van der Waals surface area contributed by atoms with Crippen molar-refractivity contribution in [3.05, 3.63) is 54.7 Å². The number of aromatic nitrogens is 4. The van der Waals surface area contributed by atoms with Crippen LogP contribution in [-0.4, -0.2) is 41.3 Å². The van der Waals surface area contributed by atoms with Gasteiger partial charge in [0.25, 0.3) is 0 Å². The zero-order valence-corrected chi connectivity index (χ0v) is 16.8. The summed E-state index contributed by atoms with van der Waals surface area (Å²) in [6.07, 6.45) is 1.76. The zero-order chi connectivity index (χ0) is 20.7. The van der Waals surface area contributed by atoms with Crippen molar-refractivity contribution in [2.75, 3.05) is 21.3 Å². The van der Waals surface area contributed by atoms with E-state index in [9.17, 15) is 0 Å². The number of pyridine rings is 1. The van der Waals surface area contributed by atoms with Crippen molar-refractivity contribution in [2.24, 2.45) is 0 Å². The van der Waals surface area contributed by atoms with E-state index in [1.54, 1.807) is 27.5 Å². The van der Waals surface area contributed by atoms with Gasteiger partial charge < -0.3 is 24.2 Å². The van der Waals surface area contributed by atoms with Crippen molar-refractivity contribution in [1.82, 2.24) is 19.9 Å². The molecule has 0 spiro atoms. The smallest absolute Gasteiger partial charge is 0.203 e.